The summed E-state index contributed by atoms with van der Waals surface area (Å²) < 4.78 is 5.57. The van der Waals surface area contributed by atoms with Crippen molar-refractivity contribution < 1.29 is 4.42 Å². The molecule has 102 valence electrons. The minimum absolute atomic E-state index is 0.323. The first-order valence-electron chi connectivity index (χ1n) is 6.99. The van der Waals surface area contributed by atoms with E-state index in [2.05, 4.69) is 49.5 Å². The predicted octanol–water partition coefficient (Wildman–Crippen LogP) is 4.59. The molecule has 20 heavy (non-hydrogen) atoms. The summed E-state index contributed by atoms with van der Waals surface area (Å²) in [6.07, 6.45) is 1.85. The smallest absolute Gasteiger partial charge is 0.134 e. The van der Waals surface area contributed by atoms with E-state index in [0.29, 0.717) is 6.04 Å². The molecule has 2 heteroatoms. The summed E-state index contributed by atoms with van der Waals surface area (Å²) in [4.78, 5) is 0. The summed E-state index contributed by atoms with van der Waals surface area (Å²) >= 11 is 0. The molecule has 0 aliphatic carbocycles. The van der Waals surface area contributed by atoms with Crippen molar-refractivity contribution in [1.29, 1.82) is 0 Å². The van der Waals surface area contributed by atoms with Gasteiger partial charge in [-0.2, -0.15) is 0 Å². The van der Waals surface area contributed by atoms with Gasteiger partial charge in [0.1, 0.15) is 5.58 Å². The molecule has 3 aromatic rings. The Labute approximate surface area is 119 Å². The number of furan rings is 1. The van der Waals surface area contributed by atoms with Gasteiger partial charge >= 0.3 is 0 Å². The molecule has 0 bridgehead atoms. The monoisotopic (exact) mass is 265 g/mol. The third-order valence-electron chi connectivity index (χ3n) is 3.70. The Morgan fingerprint density at radius 1 is 1.10 bits per heavy atom. The largest absolute Gasteiger partial charge is 0.464 e. The van der Waals surface area contributed by atoms with Crippen molar-refractivity contribution in [2.45, 2.75) is 26.4 Å². The molecule has 0 fully saturated rings. The molecule has 0 saturated heterocycles. The zero-order chi connectivity index (χ0) is 13.9. The van der Waals surface area contributed by atoms with Crippen molar-refractivity contribution in [3.05, 3.63) is 71.5 Å². The first kappa shape index (κ1) is 12.9. The number of para-hydroxylation sites is 1. The zero-order valence-corrected chi connectivity index (χ0v) is 11.9. The maximum atomic E-state index is 5.57. The molecule has 1 N–H and O–H groups in total. The van der Waals surface area contributed by atoms with Crippen LogP contribution in [-0.2, 0) is 6.54 Å². The summed E-state index contributed by atoms with van der Waals surface area (Å²) in [6.45, 7) is 5.13. The van der Waals surface area contributed by atoms with Crippen molar-refractivity contribution in [3.8, 4) is 0 Å². The molecule has 0 radical (unpaired) electrons. The van der Waals surface area contributed by atoms with E-state index >= 15 is 0 Å². The molecular formula is C18H19NO. The lowest BCUT2D eigenvalue weighted by atomic mass is 10.1. The third kappa shape index (κ3) is 2.61. The van der Waals surface area contributed by atoms with E-state index in [0.717, 1.165) is 12.1 Å². The number of nitrogens with one attached hydrogen (secondary N) is 1. The number of rotatable bonds is 4. The van der Waals surface area contributed by atoms with Gasteiger partial charge in [-0.05, 0) is 25.5 Å². The Balaban J connectivity index is 1.73. The second-order valence-corrected chi connectivity index (χ2v) is 5.27. The lowest BCUT2D eigenvalue weighted by Gasteiger charge is -2.14. The van der Waals surface area contributed by atoms with Gasteiger partial charge < -0.3 is 9.73 Å². The van der Waals surface area contributed by atoms with Gasteiger partial charge in [0.05, 0.1) is 6.26 Å². The number of fused-ring (bicyclic) bond motifs is 1. The quantitative estimate of drug-likeness (QED) is 0.746. The van der Waals surface area contributed by atoms with Crippen molar-refractivity contribution >= 4 is 11.0 Å². The van der Waals surface area contributed by atoms with Crippen LogP contribution < -0.4 is 5.32 Å². The predicted molar refractivity (Wildman–Crippen MR) is 82.6 cm³/mol. The average molecular weight is 265 g/mol. The van der Waals surface area contributed by atoms with E-state index < -0.39 is 0 Å². The molecule has 0 amide bonds. The minimum atomic E-state index is 0.323. The van der Waals surface area contributed by atoms with E-state index in [9.17, 15) is 0 Å². The van der Waals surface area contributed by atoms with Gasteiger partial charge in [0, 0.05) is 23.5 Å². The summed E-state index contributed by atoms with van der Waals surface area (Å²) in [7, 11) is 0. The fourth-order valence-corrected chi connectivity index (χ4v) is 2.49. The Morgan fingerprint density at radius 2 is 1.95 bits per heavy atom. The van der Waals surface area contributed by atoms with Crippen molar-refractivity contribution in [3.63, 3.8) is 0 Å². The second-order valence-electron chi connectivity index (χ2n) is 5.27. The molecule has 0 aliphatic rings. The summed E-state index contributed by atoms with van der Waals surface area (Å²) in [5, 5.41) is 4.75. The highest BCUT2D eigenvalue weighted by molar-refractivity contribution is 5.80. The van der Waals surface area contributed by atoms with Crippen LogP contribution in [0.1, 0.15) is 29.7 Å². The minimum Gasteiger partial charge on any atom is -0.464 e. The van der Waals surface area contributed by atoms with E-state index in [1.165, 1.54) is 22.1 Å². The molecule has 2 nitrogen and oxygen atoms in total. The lowest BCUT2D eigenvalue weighted by Crippen LogP contribution is -2.17. The topological polar surface area (TPSA) is 25.2 Å². The van der Waals surface area contributed by atoms with E-state index in [1.54, 1.807) is 0 Å². The van der Waals surface area contributed by atoms with Crippen molar-refractivity contribution in [1.82, 2.24) is 5.32 Å². The van der Waals surface area contributed by atoms with Gasteiger partial charge in [-0.3, -0.25) is 0 Å². The highest BCUT2D eigenvalue weighted by atomic mass is 16.3. The Bertz CT molecular complexity index is 714. The van der Waals surface area contributed by atoms with Crippen molar-refractivity contribution in [2.75, 3.05) is 0 Å². The maximum absolute atomic E-state index is 5.57. The SMILES string of the molecule is Cc1cccc([C@@H](C)NCc2coc3ccccc23)c1. The van der Waals surface area contributed by atoms with Crippen LogP contribution >= 0.6 is 0 Å². The molecule has 0 unspecified atom stereocenters. The first-order chi connectivity index (χ1) is 9.74. The van der Waals surface area contributed by atoms with Crippen LogP contribution in [0.5, 0.6) is 0 Å². The number of hydrogen-bond donors (Lipinski definition) is 1. The Kier molecular flexibility index (Phi) is 3.57. The van der Waals surface area contributed by atoms with Gasteiger partial charge in [-0.25, -0.2) is 0 Å². The molecule has 2 aromatic carbocycles. The number of benzene rings is 2. The lowest BCUT2D eigenvalue weighted by molar-refractivity contribution is 0.562. The first-order valence-corrected chi connectivity index (χ1v) is 6.99. The zero-order valence-electron chi connectivity index (χ0n) is 11.9. The normalized spacial score (nSPS) is 12.7. The van der Waals surface area contributed by atoms with Gasteiger partial charge in [-0.15, -0.1) is 0 Å². The molecule has 0 spiro atoms. The second kappa shape index (κ2) is 5.51. The van der Waals surface area contributed by atoms with Crippen LogP contribution in [0.4, 0.5) is 0 Å². The number of aryl methyl sites for hydroxylation is 1. The van der Waals surface area contributed by atoms with Gasteiger partial charge in [0.15, 0.2) is 0 Å². The Morgan fingerprint density at radius 3 is 2.80 bits per heavy atom. The van der Waals surface area contributed by atoms with Crippen LogP contribution in [0.3, 0.4) is 0 Å². The van der Waals surface area contributed by atoms with E-state index in [4.69, 9.17) is 4.42 Å². The van der Waals surface area contributed by atoms with Crippen LogP contribution in [0.2, 0.25) is 0 Å². The molecule has 1 heterocycles. The molecule has 3 rings (SSSR count). The summed E-state index contributed by atoms with van der Waals surface area (Å²) in [5.41, 5.74) is 4.77. The molecule has 0 aliphatic heterocycles. The van der Waals surface area contributed by atoms with Crippen LogP contribution in [0.25, 0.3) is 11.0 Å². The fraction of sp³-hybridized carbons (Fsp3) is 0.222. The van der Waals surface area contributed by atoms with E-state index in [-0.39, 0.29) is 0 Å². The van der Waals surface area contributed by atoms with E-state index in [1.807, 2.05) is 24.5 Å². The Hall–Kier alpha value is -2.06. The molecule has 1 aromatic heterocycles. The number of hydrogen-bond acceptors (Lipinski definition) is 2. The summed E-state index contributed by atoms with van der Waals surface area (Å²) in [6, 6.07) is 17.1. The van der Waals surface area contributed by atoms with Crippen LogP contribution in [0.15, 0.2) is 59.2 Å². The maximum Gasteiger partial charge on any atom is 0.134 e. The van der Waals surface area contributed by atoms with Gasteiger partial charge in [0.2, 0.25) is 0 Å². The molecule has 1 atom stereocenters. The highest BCUT2D eigenvalue weighted by Crippen LogP contribution is 2.21. The standard InChI is InChI=1S/C18H19NO/c1-13-6-5-7-15(10-13)14(2)19-11-16-12-20-18-9-4-3-8-17(16)18/h3-10,12,14,19H,11H2,1-2H3/t14-/m1/s1. The molecular weight excluding hydrogens is 246 g/mol. The molecule has 0 saturated carbocycles. The highest BCUT2D eigenvalue weighted by Gasteiger charge is 2.08. The van der Waals surface area contributed by atoms with Gasteiger partial charge in [0.25, 0.3) is 0 Å². The summed E-state index contributed by atoms with van der Waals surface area (Å²) in [5.74, 6) is 0. The van der Waals surface area contributed by atoms with Crippen LogP contribution in [0, 0.1) is 6.92 Å². The van der Waals surface area contributed by atoms with Gasteiger partial charge in [-0.1, -0.05) is 48.0 Å². The van der Waals surface area contributed by atoms with Crippen molar-refractivity contribution in [2.24, 2.45) is 0 Å². The third-order valence-corrected chi connectivity index (χ3v) is 3.70. The average Bonchev–Trinajstić information content (AvgIpc) is 2.88. The fourth-order valence-electron chi connectivity index (χ4n) is 2.49. The van der Waals surface area contributed by atoms with Crippen LogP contribution in [-0.4, -0.2) is 0 Å².